The summed E-state index contributed by atoms with van der Waals surface area (Å²) in [4.78, 5) is 0. The lowest BCUT2D eigenvalue weighted by atomic mass is 9.99. The van der Waals surface area contributed by atoms with Gasteiger partial charge in [-0.1, -0.05) is 6.92 Å². The molecule has 0 spiro atoms. The second kappa shape index (κ2) is 4.03. The molecule has 0 aromatic carbocycles. The summed E-state index contributed by atoms with van der Waals surface area (Å²) in [5.41, 5.74) is 0. The Bertz CT molecular complexity index is 324. The molecular weight excluding hydrogens is 214 g/mol. The van der Waals surface area contributed by atoms with Gasteiger partial charge in [0, 0.05) is 13.1 Å². The maximum atomic E-state index is 11.9. The van der Waals surface area contributed by atoms with Crippen LogP contribution < -0.4 is 0 Å². The van der Waals surface area contributed by atoms with Crippen LogP contribution in [0.3, 0.4) is 0 Å². The first-order valence-electron chi connectivity index (χ1n) is 5.65. The summed E-state index contributed by atoms with van der Waals surface area (Å²) < 4.78 is 25.4. The highest BCUT2D eigenvalue weighted by Crippen LogP contribution is 2.32. The van der Waals surface area contributed by atoms with Gasteiger partial charge in [0.05, 0.1) is 11.9 Å². The third kappa shape index (κ3) is 2.71. The van der Waals surface area contributed by atoms with E-state index in [1.165, 1.54) is 0 Å². The highest BCUT2D eigenvalue weighted by Gasteiger charge is 2.35. The quantitative estimate of drug-likeness (QED) is 0.769. The minimum absolute atomic E-state index is 0.0627. The Morgan fingerprint density at radius 3 is 2.53 bits per heavy atom. The molecule has 4 nitrogen and oxygen atoms in total. The first kappa shape index (κ1) is 11.4. The normalized spacial score (nSPS) is 34.3. The van der Waals surface area contributed by atoms with Crippen molar-refractivity contribution >= 4 is 10.0 Å². The molecule has 1 heterocycles. The number of rotatable bonds is 3. The zero-order valence-electron chi connectivity index (χ0n) is 9.09. The van der Waals surface area contributed by atoms with Crippen LogP contribution in [0.2, 0.25) is 0 Å². The van der Waals surface area contributed by atoms with Gasteiger partial charge >= 0.3 is 0 Å². The maximum absolute atomic E-state index is 11.9. The monoisotopic (exact) mass is 233 g/mol. The van der Waals surface area contributed by atoms with Crippen molar-refractivity contribution in [2.75, 3.05) is 18.8 Å². The SMILES string of the molecule is CC1CN(S(=O)(=O)CC2CC2)CCC1O. The Morgan fingerprint density at radius 2 is 2.00 bits per heavy atom. The zero-order valence-corrected chi connectivity index (χ0v) is 9.91. The number of piperidine rings is 1. The van der Waals surface area contributed by atoms with E-state index < -0.39 is 10.0 Å². The predicted octanol–water partition coefficient (Wildman–Crippen LogP) is 0.429. The third-order valence-corrected chi connectivity index (χ3v) is 5.37. The molecule has 2 rings (SSSR count). The van der Waals surface area contributed by atoms with Crippen molar-refractivity contribution in [1.82, 2.24) is 4.31 Å². The Balaban J connectivity index is 1.97. The molecule has 2 atom stereocenters. The van der Waals surface area contributed by atoms with E-state index in [2.05, 4.69) is 0 Å². The van der Waals surface area contributed by atoms with E-state index >= 15 is 0 Å². The van der Waals surface area contributed by atoms with Crippen LogP contribution in [0.4, 0.5) is 0 Å². The smallest absolute Gasteiger partial charge is 0.214 e. The van der Waals surface area contributed by atoms with Gasteiger partial charge in [0.15, 0.2) is 0 Å². The number of aliphatic hydroxyl groups is 1. The molecule has 0 radical (unpaired) electrons. The van der Waals surface area contributed by atoms with Crippen molar-refractivity contribution in [3.05, 3.63) is 0 Å². The van der Waals surface area contributed by atoms with Gasteiger partial charge in [-0.05, 0) is 31.1 Å². The zero-order chi connectivity index (χ0) is 11.1. The van der Waals surface area contributed by atoms with E-state index in [1.807, 2.05) is 6.92 Å². The molecule has 5 heteroatoms. The number of aliphatic hydroxyl groups excluding tert-OH is 1. The summed E-state index contributed by atoms with van der Waals surface area (Å²) in [5.74, 6) is 0.778. The highest BCUT2D eigenvalue weighted by atomic mass is 32.2. The molecule has 1 N–H and O–H groups in total. The van der Waals surface area contributed by atoms with Gasteiger partial charge in [-0.15, -0.1) is 0 Å². The summed E-state index contributed by atoms with van der Waals surface area (Å²) in [6, 6.07) is 0. The Labute approximate surface area is 91.3 Å². The molecule has 1 aliphatic carbocycles. The van der Waals surface area contributed by atoms with Crippen LogP contribution in [0, 0.1) is 11.8 Å². The Kier molecular flexibility index (Phi) is 3.05. The summed E-state index contributed by atoms with van der Waals surface area (Å²) in [6.45, 7) is 2.88. The average Bonchev–Trinajstić information content (AvgIpc) is 2.92. The van der Waals surface area contributed by atoms with Crippen LogP contribution in [0.15, 0.2) is 0 Å². The Hall–Kier alpha value is -0.130. The van der Waals surface area contributed by atoms with Crippen LogP contribution in [0.1, 0.15) is 26.2 Å². The predicted molar refractivity (Wildman–Crippen MR) is 57.9 cm³/mol. The average molecular weight is 233 g/mol. The topological polar surface area (TPSA) is 57.6 Å². The highest BCUT2D eigenvalue weighted by molar-refractivity contribution is 7.89. The number of sulfonamides is 1. The van der Waals surface area contributed by atoms with Gasteiger partial charge in [-0.25, -0.2) is 12.7 Å². The fraction of sp³-hybridized carbons (Fsp3) is 1.00. The first-order valence-corrected chi connectivity index (χ1v) is 7.26. The van der Waals surface area contributed by atoms with E-state index in [9.17, 15) is 13.5 Å². The van der Waals surface area contributed by atoms with Gasteiger partial charge < -0.3 is 5.11 Å². The van der Waals surface area contributed by atoms with Crippen LogP contribution in [-0.2, 0) is 10.0 Å². The van der Waals surface area contributed by atoms with Gasteiger partial charge in [-0.2, -0.15) is 0 Å². The Morgan fingerprint density at radius 1 is 1.33 bits per heavy atom. The number of nitrogens with zero attached hydrogens (tertiary/aromatic N) is 1. The summed E-state index contributed by atoms with van der Waals surface area (Å²) in [6.07, 6.45) is 2.36. The van der Waals surface area contributed by atoms with Crippen molar-refractivity contribution in [3.8, 4) is 0 Å². The molecule has 0 bridgehead atoms. The van der Waals surface area contributed by atoms with E-state index in [0.29, 0.717) is 31.2 Å². The van der Waals surface area contributed by atoms with Gasteiger partial charge in [0.2, 0.25) is 10.0 Å². The molecule has 15 heavy (non-hydrogen) atoms. The molecule has 0 aromatic heterocycles. The minimum Gasteiger partial charge on any atom is -0.393 e. The largest absolute Gasteiger partial charge is 0.393 e. The molecule has 2 aliphatic rings. The van der Waals surface area contributed by atoms with Crippen LogP contribution >= 0.6 is 0 Å². The van der Waals surface area contributed by atoms with Crippen LogP contribution in [0.5, 0.6) is 0 Å². The fourth-order valence-corrected chi connectivity index (χ4v) is 4.02. The van der Waals surface area contributed by atoms with Gasteiger partial charge in [0.25, 0.3) is 0 Å². The molecule has 2 fully saturated rings. The van der Waals surface area contributed by atoms with Crippen molar-refractivity contribution in [2.24, 2.45) is 11.8 Å². The van der Waals surface area contributed by atoms with Crippen molar-refractivity contribution < 1.29 is 13.5 Å². The molecule has 2 unspecified atom stereocenters. The molecule has 0 aromatic rings. The molecule has 0 amide bonds. The summed E-state index contributed by atoms with van der Waals surface area (Å²) in [5, 5.41) is 9.53. The lowest BCUT2D eigenvalue weighted by molar-refractivity contribution is 0.0628. The second-order valence-electron chi connectivity index (χ2n) is 4.91. The van der Waals surface area contributed by atoms with E-state index in [1.54, 1.807) is 4.31 Å². The maximum Gasteiger partial charge on any atom is 0.214 e. The van der Waals surface area contributed by atoms with Crippen molar-refractivity contribution in [1.29, 1.82) is 0 Å². The van der Waals surface area contributed by atoms with Gasteiger partial charge in [-0.3, -0.25) is 0 Å². The molecule has 1 saturated carbocycles. The fourth-order valence-electron chi connectivity index (χ4n) is 2.04. The standard InChI is InChI=1S/C10H19NO3S/c1-8-6-11(5-4-10(8)12)15(13,14)7-9-2-3-9/h8-10,12H,2-7H2,1H3. The minimum atomic E-state index is -3.05. The van der Waals surface area contributed by atoms with Gasteiger partial charge in [0.1, 0.15) is 0 Å². The van der Waals surface area contributed by atoms with E-state index in [-0.39, 0.29) is 12.0 Å². The first-order chi connectivity index (χ1) is 6.99. The summed E-state index contributed by atoms with van der Waals surface area (Å²) in [7, 11) is -3.05. The van der Waals surface area contributed by atoms with Crippen molar-refractivity contribution in [3.63, 3.8) is 0 Å². The number of hydrogen-bond donors (Lipinski definition) is 1. The molecule has 88 valence electrons. The molecule has 1 saturated heterocycles. The summed E-state index contributed by atoms with van der Waals surface area (Å²) >= 11 is 0. The van der Waals surface area contributed by atoms with Crippen LogP contribution in [0.25, 0.3) is 0 Å². The number of hydrogen-bond acceptors (Lipinski definition) is 3. The van der Waals surface area contributed by atoms with Crippen LogP contribution in [-0.4, -0.2) is 42.8 Å². The molecule has 1 aliphatic heterocycles. The van der Waals surface area contributed by atoms with Crippen molar-refractivity contribution in [2.45, 2.75) is 32.3 Å². The lowest BCUT2D eigenvalue weighted by Crippen LogP contribution is -2.45. The third-order valence-electron chi connectivity index (χ3n) is 3.36. The van der Waals surface area contributed by atoms with E-state index in [0.717, 1.165) is 12.8 Å². The molecular formula is C10H19NO3S. The lowest BCUT2D eigenvalue weighted by Gasteiger charge is -2.33. The van der Waals surface area contributed by atoms with E-state index in [4.69, 9.17) is 0 Å². The second-order valence-corrected chi connectivity index (χ2v) is 6.93.